The Bertz CT molecular complexity index is 836. The molecule has 0 spiro atoms. The number of hydrogen-bond acceptors (Lipinski definition) is 7. The minimum atomic E-state index is 0.0120. The molecular weight excluding hydrogens is 292 g/mol. The molecule has 0 unspecified atom stereocenters. The number of hydrogen-bond donors (Lipinski definition) is 3. The SMILES string of the molecule is Cc1nn(C)c(Sc2ncnc3nc[nH]c23)c1C(N)=NO. The molecule has 0 aliphatic carbocycles. The van der Waals surface area contributed by atoms with Crippen molar-refractivity contribution in [2.75, 3.05) is 0 Å². The molecule has 3 aromatic heterocycles. The smallest absolute Gasteiger partial charge is 0.181 e. The Morgan fingerprint density at radius 3 is 3.00 bits per heavy atom. The molecule has 0 aliphatic heterocycles. The van der Waals surface area contributed by atoms with Gasteiger partial charge in [-0.2, -0.15) is 5.10 Å². The predicted molar refractivity (Wildman–Crippen MR) is 76.3 cm³/mol. The summed E-state index contributed by atoms with van der Waals surface area (Å²) in [6.45, 7) is 1.79. The average Bonchev–Trinajstić information content (AvgIpc) is 3.04. The molecule has 0 bridgehead atoms. The summed E-state index contributed by atoms with van der Waals surface area (Å²) in [6, 6.07) is 0. The van der Waals surface area contributed by atoms with Crippen LogP contribution in [0.25, 0.3) is 11.2 Å². The van der Waals surface area contributed by atoms with Gasteiger partial charge >= 0.3 is 0 Å². The Labute approximate surface area is 123 Å². The summed E-state index contributed by atoms with van der Waals surface area (Å²) in [7, 11) is 1.79. The quantitative estimate of drug-likeness (QED) is 0.213. The molecule has 4 N–H and O–H groups in total. The van der Waals surface area contributed by atoms with Crippen LogP contribution >= 0.6 is 11.8 Å². The number of aryl methyl sites for hydroxylation is 2. The summed E-state index contributed by atoms with van der Waals surface area (Å²) in [5.41, 5.74) is 8.30. The van der Waals surface area contributed by atoms with Crippen molar-refractivity contribution in [1.29, 1.82) is 0 Å². The molecule has 108 valence electrons. The second-order valence-electron chi connectivity index (χ2n) is 4.26. The molecule has 9 nitrogen and oxygen atoms in total. The van der Waals surface area contributed by atoms with Gasteiger partial charge in [-0.1, -0.05) is 5.16 Å². The first kappa shape index (κ1) is 13.4. The zero-order valence-corrected chi connectivity index (χ0v) is 12.1. The van der Waals surface area contributed by atoms with Crippen LogP contribution in [0.4, 0.5) is 0 Å². The van der Waals surface area contributed by atoms with Crippen LogP contribution in [0.1, 0.15) is 11.3 Å². The van der Waals surface area contributed by atoms with Crippen LogP contribution in [0.15, 0.2) is 27.9 Å². The van der Waals surface area contributed by atoms with Crippen LogP contribution in [0.5, 0.6) is 0 Å². The fourth-order valence-electron chi connectivity index (χ4n) is 2.01. The van der Waals surface area contributed by atoms with E-state index in [1.807, 2.05) is 0 Å². The molecule has 21 heavy (non-hydrogen) atoms. The van der Waals surface area contributed by atoms with Gasteiger partial charge in [-0.25, -0.2) is 15.0 Å². The zero-order chi connectivity index (χ0) is 15.0. The van der Waals surface area contributed by atoms with E-state index in [1.165, 1.54) is 18.1 Å². The van der Waals surface area contributed by atoms with Crippen LogP contribution in [-0.2, 0) is 7.05 Å². The van der Waals surface area contributed by atoms with Gasteiger partial charge in [-0.3, -0.25) is 4.68 Å². The van der Waals surface area contributed by atoms with E-state index in [4.69, 9.17) is 10.9 Å². The number of imidazole rings is 1. The van der Waals surface area contributed by atoms with Crippen molar-refractivity contribution in [2.45, 2.75) is 17.0 Å². The molecule has 0 aromatic carbocycles. The lowest BCUT2D eigenvalue weighted by molar-refractivity contribution is 0.318. The summed E-state index contributed by atoms with van der Waals surface area (Å²) >= 11 is 1.35. The zero-order valence-electron chi connectivity index (χ0n) is 11.3. The number of nitrogens with zero attached hydrogens (tertiary/aromatic N) is 6. The van der Waals surface area contributed by atoms with E-state index in [0.29, 0.717) is 21.9 Å². The summed E-state index contributed by atoms with van der Waals surface area (Å²) in [4.78, 5) is 15.4. The highest BCUT2D eigenvalue weighted by Crippen LogP contribution is 2.32. The summed E-state index contributed by atoms with van der Waals surface area (Å²) in [5, 5.41) is 17.7. The van der Waals surface area contributed by atoms with Gasteiger partial charge in [0.2, 0.25) is 0 Å². The molecule has 3 aromatic rings. The van der Waals surface area contributed by atoms with Crippen LogP contribution in [0.2, 0.25) is 0 Å². The van der Waals surface area contributed by atoms with Crippen LogP contribution < -0.4 is 5.73 Å². The van der Waals surface area contributed by atoms with Gasteiger partial charge in [0.15, 0.2) is 11.5 Å². The van der Waals surface area contributed by atoms with Crippen molar-refractivity contribution in [1.82, 2.24) is 29.7 Å². The van der Waals surface area contributed by atoms with Crippen molar-refractivity contribution < 1.29 is 5.21 Å². The van der Waals surface area contributed by atoms with Gasteiger partial charge in [0.05, 0.1) is 17.6 Å². The van der Waals surface area contributed by atoms with Crippen molar-refractivity contribution in [2.24, 2.45) is 17.9 Å². The van der Waals surface area contributed by atoms with E-state index in [2.05, 4.69) is 30.2 Å². The van der Waals surface area contributed by atoms with Crippen molar-refractivity contribution in [3.8, 4) is 0 Å². The molecule has 10 heteroatoms. The Kier molecular flexibility index (Phi) is 3.22. The Morgan fingerprint density at radius 2 is 2.24 bits per heavy atom. The minimum absolute atomic E-state index is 0.0120. The lowest BCUT2D eigenvalue weighted by Gasteiger charge is -2.05. The Morgan fingerprint density at radius 1 is 1.43 bits per heavy atom. The van der Waals surface area contributed by atoms with E-state index in [9.17, 15) is 0 Å². The molecule has 0 amide bonds. The van der Waals surface area contributed by atoms with Gasteiger partial charge in [-0.05, 0) is 18.7 Å². The number of H-pyrrole nitrogens is 1. The maximum absolute atomic E-state index is 8.93. The number of nitrogens with two attached hydrogens (primary N) is 1. The normalized spacial score (nSPS) is 12.2. The highest BCUT2D eigenvalue weighted by Gasteiger charge is 2.20. The van der Waals surface area contributed by atoms with E-state index in [1.54, 1.807) is 25.0 Å². The minimum Gasteiger partial charge on any atom is -0.409 e. The molecular formula is C11H12N8OS. The average molecular weight is 304 g/mol. The van der Waals surface area contributed by atoms with Crippen molar-refractivity contribution in [3.05, 3.63) is 23.9 Å². The van der Waals surface area contributed by atoms with Gasteiger partial charge in [-0.15, -0.1) is 0 Å². The fraction of sp³-hybridized carbons (Fsp3) is 0.182. The number of aromatic nitrogens is 6. The monoisotopic (exact) mass is 304 g/mol. The van der Waals surface area contributed by atoms with Gasteiger partial charge < -0.3 is 15.9 Å². The van der Waals surface area contributed by atoms with Crippen LogP contribution in [0, 0.1) is 6.92 Å². The summed E-state index contributed by atoms with van der Waals surface area (Å²) in [6.07, 6.45) is 3.00. The highest BCUT2D eigenvalue weighted by atomic mass is 32.2. The molecule has 0 saturated heterocycles. The number of nitrogens with one attached hydrogen (secondary N) is 1. The van der Waals surface area contributed by atoms with Gasteiger partial charge in [0.25, 0.3) is 0 Å². The first-order valence-corrected chi connectivity index (χ1v) is 6.77. The molecule has 0 radical (unpaired) electrons. The second-order valence-corrected chi connectivity index (χ2v) is 5.23. The first-order valence-electron chi connectivity index (χ1n) is 5.95. The Hall–Kier alpha value is -2.62. The van der Waals surface area contributed by atoms with E-state index >= 15 is 0 Å². The summed E-state index contributed by atoms with van der Waals surface area (Å²) in [5.74, 6) is 0.0120. The first-order chi connectivity index (χ1) is 10.1. The van der Waals surface area contributed by atoms with Gasteiger partial charge in [0, 0.05) is 7.05 Å². The molecule has 0 atom stereocenters. The number of rotatable bonds is 3. The van der Waals surface area contributed by atoms with Crippen molar-refractivity contribution >= 4 is 28.8 Å². The largest absolute Gasteiger partial charge is 0.409 e. The summed E-state index contributed by atoms with van der Waals surface area (Å²) < 4.78 is 1.66. The van der Waals surface area contributed by atoms with E-state index < -0.39 is 0 Å². The number of fused-ring (bicyclic) bond motifs is 1. The van der Waals surface area contributed by atoms with E-state index in [0.717, 1.165) is 10.5 Å². The fourth-order valence-corrected chi connectivity index (χ4v) is 3.07. The predicted octanol–water partition coefficient (Wildman–Crippen LogP) is 0.641. The second kappa shape index (κ2) is 5.05. The third-order valence-corrected chi connectivity index (χ3v) is 4.08. The van der Waals surface area contributed by atoms with Crippen LogP contribution in [-0.4, -0.2) is 40.8 Å². The molecule has 0 aliphatic rings. The topological polar surface area (TPSA) is 131 Å². The highest BCUT2D eigenvalue weighted by molar-refractivity contribution is 7.99. The Balaban J connectivity index is 2.12. The van der Waals surface area contributed by atoms with Gasteiger partial charge in [0.1, 0.15) is 21.9 Å². The van der Waals surface area contributed by atoms with Crippen molar-refractivity contribution in [3.63, 3.8) is 0 Å². The standard InChI is InChI=1S/C11H12N8OS/c1-5-6(8(12)18-20)11(19(2)17-5)21-10-7-9(14-3-13-7)15-4-16-10/h3-4,20H,1-2H3,(H2,12,18)(H,13,14,15,16). The lowest BCUT2D eigenvalue weighted by atomic mass is 10.2. The number of amidine groups is 1. The molecule has 0 fully saturated rings. The maximum atomic E-state index is 8.93. The number of aromatic amines is 1. The molecule has 3 heterocycles. The third-order valence-electron chi connectivity index (χ3n) is 2.92. The number of oxime groups is 1. The third kappa shape index (κ3) is 2.18. The molecule has 0 saturated carbocycles. The maximum Gasteiger partial charge on any atom is 0.181 e. The lowest BCUT2D eigenvalue weighted by Crippen LogP contribution is -2.15. The van der Waals surface area contributed by atoms with Crippen LogP contribution in [0.3, 0.4) is 0 Å². The van der Waals surface area contributed by atoms with E-state index in [-0.39, 0.29) is 5.84 Å². The molecule has 3 rings (SSSR count).